The molecule has 2 aliphatic rings. The Kier molecular flexibility index (Phi) is 5.75. The van der Waals surface area contributed by atoms with Crippen molar-refractivity contribution in [2.75, 3.05) is 0 Å². The first-order chi connectivity index (χ1) is 15.0. The Morgan fingerprint density at radius 1 is 1.12 bits per heavy atom. The van der Waals surface area contributed by atoms with Gasteiger partial charge in [-0.15, -0.1) is 0 Å². The molecule has 2 aromatic rings. The third-order valence-corrected chi connectivity index (χ3v) is 7.20. The summed E-state index contributed by atoms with van der Waals surface area (Å²) >= 11 is 0. The van der Waals surface area contributed by atoms with Gasteiger partial charge in [0, 0.05) is 12.1 Å². The van der Waals surface area contributed by atoms with Crippen LogP contribution in [0.5, 0.6) is 0 Å². The van der Waals surface area contributed by atoms with E-state index in [0.717, 1.165) is 30.0 Å². The van der Waals surface area contributed by atoms with E-state index in [0.29, 0.717) is 12.8 Å². The molecule has 1 aliphatic carbocycles. The highest BCUT2D eigenvalue weighted by atomic mass is 32.2. The molecule has 2 heterocycles. The third-order valence-electron chi connectivity index (χ3n) is 6.38. The van der Waals surface area contributed by atoms with E-state index in [4.69, 9.17) is 10.4 Å². The molecule has 0 radical (unpaired) electrons. The Morgan fingerprint density at radius 2 is 1.78 bits per heavy atom. The van der Waals surface area contributed by atoms with Gasteiger partial charge in [0.05, 0.1) is 22.9 Å². The van der Waals surface area contributed by atoms with Crippen molar-refractivity contribution in [1.82, 2.24) is 10.0 Å². The fourth-order valence-corrected chi connectivity index (χ4v) is 5.60. The normalized spacial score (nSPS) is 26.5. The number of alkyl halides is 3. The molecule has 0 spiro atoms. The SMILES string of the molecule is N#Cc1ccc(C2C3CCCCC3C(c3cccc(S(N)(=O)=O)n3)N2[O-])cc1C(F)(F)F. The average molecular weight is 465 g/mol. The van der Waals surface area contributed by atoms with Crippen molar-refractivity contribution in [2.24, 2.45) is 17.0 Å². The van der Waals surface area contributed by atoms with E-state index in [1.807, 2.05) is 0 Å². The number of halogens is 3. The average Bonchev–Trinajstić information content (AvgIpc) is 3.04. The number of hydrogen-bond acceptors (Lipinski definition) is 6. The molecule has 1 aliphatic heterocycles. The first kappa shape index (κ1) is 22.7. The number of nitrogens with zero attached hydrogens (tertiary/aromatic N) is 3. The van der Waals surface area contributed by atoms with Gasteiger partial charge in [0.25, 0.3) is 10.0 Å². The van der Waals surface area contributed by atoms with Crippen molar-refractivity contribution in [2.45, 2.75) is 49.0 Å². The molecule has 170 valence electrons. The van der Waals surface area contributed by atoms with E-state index in [9.17, 15) is 26.8 Å². The number of hydrogen-bond donors (Lipinski definition) is 1. The second kappa shape index (κ2) is 8.12. The maximum Gasteiger partial charge on any atom is 0.417 e. The van der Waals surface area contributed by atoms with Gasteiger partial charge in [0.1, 0.15) is 0 Å². The van der Waals surface area contributed by atoms with Gasteiger partial charge in [-0.2, -0.15) is 18.4 Å². The smallest absolute Gasteiger partial charge is 0.417 e. The topological polar surface area (TPSA) is 123 Å². The molecule has 1 aromatic heterocycles. The van der Waals surface area contributed by atoms with E-state index >= 15 is 0 Å². The minimum atomic E-state index is -4.73. The number of primary sulfonamides is 1. The van der Waals surface area contributed by atoms with Crippen molar-refractivity contribution >= 4 is 10.0 Å². The summed E-state index contributed by atoms with van der Waals surface area (Å²) in [6.45, 7) is 0. The Labute approximate surface area is 183 Å². The fourth-order valence-electron chi connectivity index (χ4n) is 5.10. The lowest BCUT2D eigenvalue weighted by molar-refractivity contribution is -0.137. The van der Waals surface area contributed by atoms with Crippen LogP contribution in [0.1, 0.15) is 60.2 Å². The predicted octanol–water partition coefficient (Wildman–Crippen LogP) is 4.02. The summed E-state index contributed by atoms with van der Waals surface area (Å²) in [6, 6.07) is 7.48. The fraction of sp³-hybridized carbons (Fsp3) is 0.429. The van der Waals surface area contributed by atoms with Crippen LogP contribution in [-0.2, 0) is 16.2 Å². The van der Waals surface area contributed by atoms with Crippen LogP contribution >= 0.6 is 0 Å². The molecule has 2 N–H and O–H groups in total. The third kappa shape index (κ3) is 3.99. The van der Waals surface area contributed by atoms with Gasteiger partial charge in [-0.25, -0.2) is 18.5 Å². The second-order valence-electron chi connectivity index (χ2n) is 8.22. The monoisotopic (exact) mass is 465 g/mol. The molecule has 2 fully saturated rings. The molecule has 32 heavy (non-hydrogen) atoms. The number of nitriles is 1. The number of benzene rings is 1. The zero-order chi connectivity index (χ0) is 23.3. The summed E-state index contributed by atoms with van der Waals surface area (Å²) in [6.07, 6.45) is -1.71. The van der Waals surface area contributed by atoms with E-state index in [1.54, 1.807) is 6.07 Å². The van der Waals surface area contributed by atoms with Gasteiger partial charge in [-0.3, -0.25) is 0 Å². The molecule has 1 saturated heterocycles. The number of fused-ring (bicyclic) bond motifs is 1. The minimum absolute atomic E-state index is 0.188. The molecule has 4 unspecified atom stereocenters. The van der Waals surface area contributed by atoms with Crippen LogP contribution in [0.15, 0.2) is 41.4 Å². The Hall–Kier alpha value is -2.52. The Morgan fingerprint density at radius 3 is 2.38 bits per heavy atom. The van der Waals surface area contributed by atoms with Gasteiger partial charge in [0.2, 0.25) is 0 Å². The van der Waals surface area contributed by atoms with Crippen molar-refractivity contribution in [3.05, 3.63) is 64.0 Å². The number of hydroxylamine groups is 2. The standard InChI is InChI=1S/C21H20F3N4O3S/c22-21(23,24)16-10-12(8-9-13(16)11-25)19-14-4-1-2-5-15(14)20(28(19)29)17-6-3-7-18(27-17)32(26,30)31/h3,6-10,14-15,19-20H,1-2,4-5H2,(H2,26,30,31)/q-1. The summed E-state index contributed by atoms with van der Waals surface area (Å²) in [5.41, 5.74) is -1.16. The molecule has 1 aromatic carbocycles. The van der Waals surface area contributed by atoms with E-state index < -0.39 is 39.4 Å². The maximum absolute atomic E-state index is 13.5. The van der Waals surface area contributed by atoms with Gasteiger partial charge >= 0.3 is 6.18 Å². The van der Waals surface area contributed by atoms with Crippen molar-refractivity contribution < 1.29 is 21.6 Å². The quantitative estimate of drug-likeness (QED) is 0.730. The van der Waals surface area contributed by atoms with Gasteiger partial charge in [-0.05, 0) is 54.5 Å². The van der Waals surface area contributed by atoms with Gasteiger partial charge in [0.15, 0.2) is 5.03 Å². The first-order valence-electron chi connectivity index (χ1n) is 10.1. The maximum atomic E-state index is 13.5. The van der Waals surface area contributed by atoms with Crippen LogP contribution in [0.2, 0.25) is 0 Å². The number of sulfonamides is 1. The highest BCUT2D eigenvalue weighted by molar-refractivity contribution is 7.89. The largest absolute Gasteiger partial charge is 0.784 e. The van der Waals surface area contributed by atoms with Crippen LogP contribution < -0.4 is 5.14 Å². The lowest BCUT2D eigenvalue weighted by Crippen LogP contribution is -2.24. The molecule has 11 heteroatoms. The summed E-state index contributed by atoms with van der Waals surface area (Å²) in [7, 11) is -4.08. The lowest BCUT2D eigenvalue weighted by Gasteiger charge is -2.37. The Balaban J connectivity index is 1.80. The first-order valence-corrected chi connectivity index (χ1v) is 11.6. The zero-order valence-corrected chi connectivity index (χ0v) is 17.6. The van der Waals surface area contributed by atoms with Crippen LogP contribution in [0.3, 0.4) is 0 Å². The molecular formula is C21H20F3N4O3S-. The van der Waals surface area contributed by atoms with Crippen LogP contribution in [0.25, 0.3) is 0 Å². The predicted molar refractivity (Wildman–Crippen MR) is 108 cm³/mol. The van der Waals surface area contributed by atoms with Crippen molar-refractivity contribution in [3.8, 4) is 6.07 Å². The second-order valence-corrected chi connectivity index (χ2v) is 9.73. The summed E-state index contributed by atoms with van der Waals surface area (Å²) in [4.78, 5) is 4.10. The Bertz CT molecular complexity index is 1180. The molecule has 4 atom stereocenters. The van der Waals surface area contributed by atoms with Crippen LogP contribution in [0.4, 0.5) is 13.2 Å². The van der Waals surface area contributed by atoms with Crippen molar-refractivity contribution in [3.63, 3.8) is 0 Å². The van der Waals surface area contributed by atoms with Gasteiger partial charge in [-0.1, -0.05) is 25.0 Å². The van der Waals surface area contributed by atoms with Crippen LogP contribution in [0, 0.1) is 28.4 Å². The molecular weight excluding hydrogens is 445 g/mol. The highest BCUT2D eigenvalue weighted by Gasteiger charge is 2.48. The number of rotatable bonds is 3. The number of aromatic nitrogens is 1. The number of nitrogens with two attached hydrogens (primary N) is 1. The molecule has 0 amide bonds. The lowest BCUT2D eigenvalue weighted by atomic mass is 9.74. The minimum Gasteiger partial charge on any atom is -0.784 e. The summed E-state index contributed by atoms with van der Waals surface area (Å²) < 4.78 is 64.0. The molecule has 7 nitrogen and oxygen atoms in total. The van der Waals surface area contributed by atoms with E-state index in [-0.39, 0.29) is 28.1 Å². The number of pyridine rings is 1. The van der Waals surface area contributed by atoms with Crippen LogP contribution in [-0.4, -0.2) is 18.5 Å². The summed E-state index contributed by atoms with van der Waals surface area (Å²) in [5, 5.41) is 28.1. The van der Waals surface area contributed by atoms with Crippen molar-refractivity contribution in [1.29, 1.82) is 5.26 Å². The molecule has 0 bridgehead atoms. The van der Waals surface area contributed by atoms with Gasteiger partial charge < -0.3 is 10.3 Å². The molecule has 4 rings (SSSR count). The summed E-state index contributed by atoms with van der Waals surface area (Å²) in [5.74, 6) is -0.417. The zero-order valence-electron chi connectivity index (χ0n) is 16.8. The molecule has 1 saturated carbocycles. The van der Waals surface area contributed by atoms with E-state index in [2.05, 4.69) is 4.98 Å². The highest BCUT2D eigenvalue weighted by Crippen LogP contribution is 2.56. The van der Waals surface area contributed by atoms with E-state index in [1.165, 1.54) is 24.3 Å².